The molecule has 3 fully saturated rings. The Labute approximate surface area is 127 Å². The molecule has 0 aromatic rings. The van der Waals surface area contributed by atoms with Gasteiger partial charge in [-0.15, -0.1) is 0 Å². The summed E-state index contributed by atoms with van der Waals surface area (Å²) in [4.78, 5) is 26.5. The Kier molecular flexibility index (Phi) is 4.63. The normalized spacial score (nSPS) is 35.5. The molecule has 2 saturated carbocycles. The standard InChI is InChI=1S/C17H28N2O2/c1-12-6-5-7-13(10-12)18-15-11-16(20)19(17(15)21)14-8-3-2-4-9-14/h12-15,18H,2-11H2,1H3. The molecule has 0 aromatic heterocycles. The van der Waals surface area contributed by atoms with Gasteiger partial charge in [0.05, 0.1) is 12.5 Å². The number of imide groups is 1. The summed E-state index contributed by atoms with van der Waals surface area (Å²) in [6.07, 6.45) is 10.8. The molecule has 1 N–H and O–H groups in total. The van der Waals surface area contributed by atoms with Crippen molar-refractivity contribution in [3.05, 3.63) is 0 Å². The molecule has 3 unspecified atom stereocenters. The minimum Gasteiger partial charge on any atom is -0.303 e. The van der Waals surface area contributed by atoms with Crippen LogP contribution in [0.4, 0.5) is 0 Å². The Balaban J connectivity index is 1.60. The molecule has 0 radical (unpaired) electrons. The molecule has 118 valence electrons. The van der Waals surface area contributed by atoms with E-state index in [2.05, 4.69) is 12.2 Å². The maximum Gasteiger partial charge on any atom is 0.247 e. The highest BCUT2D eigenvalue weighted by atomic mass is 16.2. The molecule has 0 bridgehead atoms. The third-order valence-electron chi connectivity index (χ3n) is 5.50. The Morgan fingerprint density at radius 2 is 1.76 bits per heavy atom. The van der Waals surface area contributed by atoms with Gasteiger partial charge in [-0.3, -0.25) is 14.5 Å². The summed E-state index contributed by atoms with van der Waals surface area (Å²) in [5, 5.41) is 3.49. The van der Waals surface area contributed by atoms with Gasteiger partial charge in [0, 0.05) is 12.1 Å². The molecule has 21 heavy (non-hydrogen) atoms. The number of hydrogen-bond donors (Lipinski definition) is 1. The highest BCUT2D eigenvalue weighted by Gasteiger charge is 2.43. The predicted molar refractivity (Wildman–Crippen MR) is 81.7 cm³/mol. The minimum atomic E-state index is -0.255. The molecule has 0 spiro atoms. The van der Waals surface area contributed by atoms with Crippen molar-refractivity contribution < 1.29 is 9.59 Å². The molecule has 3 aliphatic rings. The Bertz CT molecular complexity index is 404. The van der Waals surface area contributed by atoms with E-state index in [0.29, 0.717) is 12.5 Å². The van der Waals surface area contributed by atoms with Crippen LogP contribution in [0.15, 0.2) is 0 Å². The van der Waals surface area contributed by atoms with Crippen molar-refractivity contribution in [1.82, 2.24) is 10.2 Å². The van der Waals surface area contributed by atoms with Gasteiger partial charge in [-0.05, 0) is 31.6 Å². The quantitative estimate of drug-likeness (QED) is 0.814. The lowest BCUT2D eigenvalue weighted by atomic mass is 9.86. The lowest BCUT2D eigenvalue weighted by Gasteiger charge is -2.31. The number of hydrogen-bond acceptors (Lipinski definition) is 3. The summed E-state index contributed by atoms with van der Waals surface area (Å²) in [6, 6.07) is 0.340. The monoisotopic (exact) mass is 292 g/mol. The van der Waals surface area contributed by atoms with Crippen molar-refractivity contribution in [3.63, 3.8) is 0 Å². The predicted octanol–water partition coefficient (Wildman–Crippen LogP) is 2.61. The maximum atomic E-state index is 12.6. The first-order valence-corrected chi connectivity index (χ1v) is 8.77. The van der Waals surface area contributed by atoms with E-state index in [-0.39, 0.29) is 23.9 Å². The number of carbonyl (C=O) groups is 2. The van der Waals surface area contributed by atoms with Crippen molar-refractivity contribution >= 4 is 11.8 Å². The fourth-order valence-electron chi connectivity index (χ4n) is 4.37. The topological polar surface area (TPSA) is 49.4 Å². The molecule has 1 aliphatic heterocycles. The van der Waals surface area contributed by atoms with Crippen LogP contribution in [0.5, 0.6) is 0 Å². The second kappa shape index (κ2) is 6.47. The molecular formula is C17H28N2O2. The number of likely N-dealkylation sites (tertiary alicyclic amines) is 1. The number of amides is 2. The first kappa shape index (κ1) is 15.0. The van der Waals surface area contributed by atoms with Crippen molar-refractivity contribution in [1.29, 1.82) is 0 Å². The van der Waals surface area contributed by atoms with Crippen LogP contribution < -0.4 is 5.32 Å². The van der Waals surface area contributed by atoms with E-state index >= 15 is 0 Å². The van der Waals surface area contributed by atoms with Gasteiger partial charge in [0.2, 0.25) is 11.8 Å². The van der Waals surface area contributed by atoms with Gasteiger partial charge < -0.3 is 5.32 Å². The van der Waals surface area contributed by atoms with E-state index in [1.165, 1.54) is 19.3 Å². The average molecular weight is 292 g/mol. The number of rotatable bonds is 3. The van der Waals surface area contributed by atoms with Crippen LogP contribution >= 0.6 is 0 Å². The van der Waals surface area contributed by atoms with Gasteiger partial charge in [-0.1, -0.05) is 39.0 Å². The second-order valence-corrected chi connectivity index (χ2v) is 7.29. The minimum absolute atomic E-state index is 0.0464. The molecule has 1 saturated heterocycles. The van der Waals surface area contributed by atoms with E-state index in [4.69, 9.17) is 0 Å². The second-order valence-electron chi connectivity index (χ2n) is 7.29. The molecule has 3 atom stereocenters. The summed E-state index contributed by atoms with van der Waals surface area (Å²) in [5.74, 6) is 0.830. The zero-order chi connectivity index (χ0) is 14.8. The Hall–Kier alpha value is -0.900. The van der Waals surface area contributed by atoms with Gasteiger partial charge in [-0.25, -0.2) is 0 Å². The third-order valence-corrected chi connectivity index (χ3v) is 5.50. The van der Waals surface area contributed by atoms with Crippen LogP contribution in [0.2, 0.25) is 0 Å². The molecule has 2 amide bonds. The number of carbonyl (C=O) groups excluding carboxylic acids is 2. The molecule has 3 rings (SSSR count). The van der Waals surface area contributed by atoms with Crippen molar-refractivity contribution in [3.8, 4) is 0 Å². The summed E-state index contributed by atoms with van der Waals surface area (Å²) >= 11 is 0. The van der Waals surface area contributed by atoms with E-state index in [1.54, 1.807) is 4.90 Å². The van der Waals surface area contributed by atoms with Crippen LogP contribution in [0.25, 0.3) is 0 Å². The maximum absolute atomic E-state index is 12.6. The molecular weight excluding hydrogens is 264 g/mol. The molecule has 2 aliphatic carbocycles. The zero-order valence-electron chi connectivity index (χ0n) is 13.1. The highest BCUT2D eigenvalue weighted by Crippen LogP contribution is 2.29. The fourth-order valence-corrected chi connectivity index (χ4v) is 4.37. The van der Waals surface area contributed by atoms with Gasteiger partial charge in [0.1, 0.15) is 0 Å². The Morgan fingerprint density at radius 1 is 1.00 bits per heavy atom. The first-order chi connectivity index (χ1) is 10.1. The van der Waals surface area contributed by atoms with Crippen LogP contribution in [-0.2, 0) is 9.59 Å². The Morgan fingerprint density at radius 3 is 2.48 bits per heavy atom. The van der Waals surface area contributed by atoms with E-state index in [1.807, 2.05) is 0 Å². The van der Waals surface area contributed by atoms with Crippen LogP contribution in [0, 0.1) is 5.92 Å². The van der Waals surface area contributed by atoms with Gasteiger partial charge in [0.15, 0.2) is 0 Å². The van der Waals surface area contributed by atoms with Crippen LogP contribution in [0.3, 0.4) is 0 Å². The largest absolute Gasteiger partial charge is 0.303 e. The van der Waals surface area contributed by atoms with Gasteiger partial charge >= 0.3 is 0 Å². The van der Waals surface area contributed by atoms with Crippen LogP contribution in [0.1, 0.15) is 71.1 Å². The summed E-state index contributed by atoms with van der Waals surface area (Å²) in [6.45, 7) is 2.28. The third kappa shape index (κ3) is 3.31. The van der Waals surface area contributed by atoms with E-state index in [0.717, 1.165) is 44.4 Å². The molecule has 0 aromatic carbocycles. The summed E-state index contributed by atoms with van der Waals surface area (Å²) < 4.78 is 0. The van der Waals surface area contributed by atoms with E-state index in [9.17, 15) is 9.59 Å². The highest BCUT2D eigenvalue weighted by molar-refractivity contribution is 6.05. The fraction of sp³-hybridized carbons (Fsp3) is 0.882. The van der Waals surface area contributed by atoms with Crippen molar-refractivity contribution in [2.45, 2.75) is 89.3 Å². The SMILES string of the molecule is CC1CCCC(NC2CC(=O)N(C3CCCCC3)C2=O)C1. The zero-order valence-corrected chi connectivity index (χ0v) is 13.1. The summed E-state index contributed by atoms with van der Waals surface area (Å²) in [5.41, 5.74) is 0. The average Bonchev–Trinajstić information content (AvgIpc) is 2.74. The molecule has 1 heterocycles. The molecule has 4 heteroatoms. The van der Waals surface area contributed by atoms with Gasteiger partial charge in [0.25, 0.3) is 0 Å². The van der Waals surface area contributed by atoms with E-state index < -0.39 is 0 Å². The molecule has 4 nitrogen and oxygen atoms in total. The lowest BCUT2D eigenvalue weighted by molar-refractivity contribution is -0.142. The summed E-state index contributed by atoms with van der Waals surface area (Å²) in [7, 11) is 0. The number of nitrogens with one attached hydrogen (secondary N) is 1. The smallest absolute Gasteiger partial charge is 0.247 e. The number of nitrogens with zero attached hydrogens (tertiary/aromatic N) is 1. The first-order valence-electron chi connectivity index (χ1n) is 8.77. The van der Waals surface area contributed by atoms with Gasteiger partial charge in [-0.2, -0.15) is 0 Å². The lowest BCUT2D eigenvalue weighted by Crippen LogP contribution is -2.47. The van der Waals surface area contributed by atoms with Crippen LogP contribution in [-0.4, -0.2) is 34.8 Å². The van der Waals surface area contributed by atoms with Crippen molar-refractivity contribution in [2.24, 2.45) is 5.92 Å². The van der Waals surface area contributed by atoms with Crippen molar-refractivity contribution in [2.75, 3.05) is 0 Å².